The topological polar surface area (TPSA) is 71.4 Å². The molecule has 1 saturated carbocycles. The van der Waals surface area contributed by atoms with Crippen molar-refractivity contribution in [1.29, 1.82) is 0 Å². The van der Waals surface area contributed by atoms with Gasteiger partial charge in [-0.25, -0.2) is 0 Å². The van der Waals surface area contributed by atoms with Gasteiger partial charge in [0.1, 0.15) is 5.69 Å². The number of nitrogens with one attached hydrogen (secondary N) is 1. The lowest BCUT2D eigenvalue weighted by molar-refractivity contribution is -0.120. The molecule has 0 spiro atoms. The van der Waals surface area contributed by atoms with Gasteiger partial charge in [-0.2, -0.15) is 0 Å². The van der Waals surface area contributed by atoms with Gasteiger partial charge in [-0.3, -0.25) is 14.4 Å². The highest BCUT2D eigenvalue weighted by atomic mass is 16.2. The average Bonchev–Trinajstić information content (AvgIpc) is 2.95. The third-order valence-corrected chi connectivity index (χ3v) is 8.36. The maximum absolute atomic E-state index is 13.4. The zero-order valence-corrected chi connectivity index (χ0v) is 21.1. The molecular weight excluding hydrogens is 462 g/mol. The number of aromatic nitrogens is 1. The van der Waals surface area contributed by atoms with E-state index in [-0.39, 0.29) is 35.1 Å². The third-order valence-electron chi connectivity index (χ3n) is 8.36. The van der Waals surface area contributed by atoms with Crippen molar-refractivity contribution in [2.75, 3.05) is 18.4 Å². The van der Waals surface area contributed by atoms with Crippen molar-refractivity contribution < 1.29 is 9.59 Å². The first-order chi connectivity index (χ1) is 18.1. The van der Waals surface area contributed by atoms with E-state index < -0.39 is 0 Å². The molecule has 1 aromatic heterocycles. The third kappa shape index (κ3) is 4.73. The zero-order chi connectivity index (χ0) is 25.4. The molecule has 3 heterocycles. The van der Waals surface area contributed by atoms with E-state index in [1.54, 1.807) is 6.07 Å². The molecule has 0 unspecified atom stereocenters. The Morgan fingerprint density at radius 2 is 1.51 bits per heavy atom. The summed E-state index contributed by atoms with van der Waals surface area (Å²) in [6.45, 7) is 1.82. The van der Waals surface area contributed by atoms with Crippen molar-refractivity contribution in [3.63, 3.8) is 0 Å². The summed E-state index contributed by atoms with van der Waals surface area (Å²) in [6.07, 6.45) is 6.13. The first-order valence-electron chi connectivity index (χ1n) is 13.6. The molecule has 0 radical (unpaired) electrons. The van der Waals surface area contributed by atoms with Gasteiger partial charge in [-0.05, 0) is 60.6 Å². The number of piperidine rings is 1. The fraction of sp³-hybridized carbons (Fsp3) is 0.387. The van der Waals surface area contributed by atoms with Crippen molar-refractivity contribution in [2.24, 2.45) is 11.8 Å². The van der Waals surface area contributed by atoms with Crippen LogP contribution in [0.25, 0.3) is 11.1 Å². The molecule has 37 heavy (non-hydrogen) atoms. The van der Waals surface area contributed by atoms with Gasteiger partial charge in [0.25, 0.3) is 11.5 Å². The van der Waals surface area contributed by atoms with Gasteiger partial charge in [-0.15, -0.1) is 0 Å². The smallest absolute Gasteiger partial charge is 0.274 e. The van der Waals surface area contributed by atoms with Gasteiger partial charge >= 0.3 is 0 Å². The average molecular weight is 496 g/mol. The molecule has 1 N–H and O–H groups in total. The number of hydrogen-bond acceptors (Lipinski definition) is 3. The molecule has 2 amide bonds. The van der Waals surface area contributed by atoms with Crippen LogP contribution in [0.3, 0.4) is 0 Å². The Kier molecular flexibility index (Phi) is 6.41. The number of benzene rings is 2. The monoisotopic (exact) mass is 495 g/mol. The summed E-state index contributed by atoms with van der Waals surface area (Å²) >= 11 is 0. The van der Waals surface area contributed by atoms with Crippen LogP contribution in [-0.2, 0) is 11.3 Å². The quantitative estimate of drug-likeness (QED) is 0.534. The summed E-state index contributed by atoms with van der Waals surface area (Å²) in [6, 6.07) is 21.7. The van der Waals surface area contributed by atoms with Gasteiger partial charge in [-0.1, -0.05) is 61.7 Å². The molecule has 3 aliphatic rings. The lowest BCUT2D eigenvalue weighted by Gasteiger charge is -2.43. The van der Waals surface area contributed by atoms with E-state index in [4.69, 9.17) is 0 Å². The molecule has 2 fully saturated rings. The molecule has 3 aromatic rings. The number of pyridine rings is 1. The van der Waals surface area contributed by atoms with E-state index >= 15 is 0 Å². The van der Waals surface area contributed by atoms with Gasteiger partial charge < -0.3 is 14.8 Å². The summed E-state index contributed by atoms with van der Waals surface area (Å²) in [5.41, 5.74) is 4.14. The normalized spacial score (nSPS) is 21.2. The Morgan fingerprint density at radius 1 is 0.784 bits per heavy atom. The molecule has 6 heteroatoms. The molecule has 2 aromatic carbocycles. The van der Waals surface area contributed by atoms with E-state index in [1.165, 1.54) is 6.42 Å². The Balaban J connectivity index is 1.17. The van der Waals surface area contributed by atoms with Gasteiger partial charge in [0, 0.05) is 42.7 Å². The number of likely N-dealkylation sites (tertiary alicyclic amines) is 1. The van der Waals surface area contributed by atoms with Crippen LogP contribution in [0.2, 0.25) is 0 Å². The number of nitrogens with zero attached hydrogens (tertiary/aromatic N) is 2. The van der Waals surface area contributed by atoms with E-state index in [0.717, 1.165) is 48.9 Å². The fourth-order valence-electron chi connectivity index (χ4n) is 6.42. The first kappa shape index (κ1) is 23.7. The largest absolute Gasteiger partial charge is 0.338 e. The molecule has 1 saturated heterocycles. The Hall–Kier alpha value is -3.67. The maximum atomic E-state index is 13.4. The van der Waals surface area contributed by atoms with Crippen molar-refractivity contribution >= 4 is 17.5 Å². The van der Waals surface area contributed by atoms with Crippen LogP contribution < -0.4 is 10.9 Å². The number of anilines is 1. The Labute approximate surface area is 217 Å². The SMILES string of the molecule is O=C(Nc1ccc2n(c1=O)C[C@@H]1C[C@@H]2CN(C(=O)c2ccc(-c3ccccc3)cc2)C1)C1CCCCC1. The summed E-state index contributed by atoms with van der Waals surface area (Å²) in [7, 11) is 0. The zero-order valence-electron chi connectivity index (χ0n) is 21.1. The second kappa shape index (κ2) is 10.0. The molecule has 6 rings (SSSR count). The van der Waals surface area contributed by atoms with Crippen molar-refractivity contribution in [3.8, 4) is 11.1 Å². The number of fused-ring (bicyclic) bond motifs is 4. The number of amides is 2. The minimum absolute atomic E-state index is 0.00916. The minimum atomic E-state index is -0.118. The molecule has 2 atom stereocenters. The first-order valence-corrected chi connectivity index (χ1v) is 13.6. The number of rotatable bonds is 4. The molecule has 6 nitrogen and oxygen atoms in total. The second-order valence-electron chi connectivity index (χ2n) is 10.9. The Morgan fingerprint density at radius 3 is 2.27 bits per heavy atom. The predicted octanol–water partition coefficient (Wildman–Crippen LogP) is 5.29. The highest BCUT2D eigenvalue weighted by Crippen LogP contribution is 2.36. The van der Waals surface area contributed by atoms with Crippen LogP contribution in [0.5, 0.6) is 0 Å². The summed E-state index contributed by atoms with van der Waals surface area (Å²) in [4.78, 5) is 41.4. The fourth-order valence-corrected chi connectivity index (χ4v) is 6.42. The lowest BCUT2D eigenvalue weighted by atomic mass is 9.83. The number of carbonyl (C=O) groups is 2. The maximum Gasteiger partial charge on any atom is 0.274 e. The standard InChI is InChI=1S/C31H33N3O3/c35-29(24-9-5-2-6-10-24)32-27-15-16-28-26-17-21(19-34(28)31(27)37)18-33(20-26)30(36)25-13-11-23(12-14-25)22-7-3-1-4-8-22/h1,3-4,7-8,11-16,21,24,26H,2,5-6,9-10,17-20H2,(H,32,35)/t21-,26-/m1/s1. The molecular formula is C31H33N3O3. The van der Waals surface area contributed by atoms with E-state index in [1.807, 2.05) is 58.0 Å². The summed E-state index contributed by atoms with van der Waals surface area (Å²) in [5, 5.41) is 2.92. The predicted molar refractivity (Wildman–Crippen MR) is 145 cm³/mol. The summed E-state index contributed by atoms with van der Waals surface area (Å²) in [5.74, 6) is 0.372. The van der Waals surface area contributed by atoms with Crippen LogP contribution in [-0.4, -0.2) is 34.4 Å². The van der Waals surface area contributed by atoms with E-state index in [2.05, 4.69) is 17.4 Å². The molecule has 2 aliphatic heterocycles. The van der Waals surface area contributed by atoms with Crippen LogP contribution >= 0.6 is 0 Å². The van der Waals surface area contributed by atoms with Crippen LogP contribution in [0.1, 0.15) is 60.5 Å². The molecule has 2 bridgehead atoms. The van der Waals surface area contributed by atoms with Gasteiger partial charge in [0.2, 0.25) is 5.91 Å². The van der Waals surface area contributed by atoms with Crippen molar-refractivity contribution in [3.05, 3.63) is 88.3 Å². The highest BCUT2D eigenvalue weighted by Gasteiger charge is 2.37. The van der Waals surface area contributed by atoms with Gasteiger partial charge in [0.15, 0.2) is 0 Å². The van der Waals surface area contributed by atoms with E-state index in [9.17, 15) is 14.4 Å². The molecule has 1 aliphatic carbocycles. The minimum Gasteiger partial charge on any atom is -0.338 e. The second-order valence-corrected chi connectivity index (χ2v) is 10.9. The van der Waals surface area contributed by atoms with Crippen LogP contribution in [0.4, 0.5) is 5.69 Å². The molecule has 190 valence electrons. The summed E-state index contributed by atoms with van der Waals surface area (Å²) < 4.78 is 1.84. The van der Waals surface area contributed by atoms with Crippen LogP contribution in [0, 0.1) is 11.8 Å². The number of hydrogen-bond donors (Lipinski definition) is 1. The highest BCUT2D eigenvalue weighted by molar-refractivity contribution is 5.95. The van der Waals surface area contributed by atoms with E-state index in [0.29, 0.717) is 30.9 Å². The van der Waals surface area contributed by atoms with Gasteiger partial charge in [0.05, 0.1) is 0 Å². The van der Waals surface area contributed by atoms with Crippen LogP contribution in [0.15, 0.2) is 71.5 Å². The number of carbonyl (C=O) groups excluding carboxylic acids is 2. The van der Waals surface area contributed by atoms with Crippen molar-refractivity contribution in [2.45, 2.75) is 51.0 Å². The Bertz CT molecular complexity index is 1360. The van der Waals surface area contributed by atoms with Crippen molar-refractivity contribution in [1.82, 2.24) is 9.47 Å². The lowest BCUT2D eigenvalue weighted by Crippen LogP contribution is -2.49.